The first-order valence-electron chi connectivity index (χ1n) is 5.70. The molecule has 4 nitrogen and oxygen atoms in total. The molecule has 0 aliphatic carbocycles. The molecule has 0 amide bonds. The fraction of sp³-hybridized carbons (Fsp3) is 0.231. The smallest absolute Gasteiger partial charge is 0.144 e. The Labute approximate surface area is 110 Å². The highest BCUT2D eigenvalue weighted by molar-refractivity contribution is 7.10. The van der Waals surface area contributed by atoms with Gasteiger partial charge in [-0.3, -0.25) is 0 Å². The van der Waals surface area contributed by atoms with Gasteiger partial charge < -0.3 is 11.1 Å². The Balaban J connectivity index is 2.25. The summed E-state index contributed by atoms with van der Waals surface area (Å²) in [6.07, 6.45) is 2.49. The van der Waals surface area contributed by atoms with Crippen molar-refractivity contribution in [3.8, 4) is 6.07 Å². The van der Waals surface area contributed by atoms with E-state index >= 15 is 0 Å². The zero-order chi connectivity index (χ0) is 13.0. The highest BCUT2D eigenvalue weighted by Crippen LogP contribution is 2.27. The molecular formula is C13H14N4S. The van der Waals surface area contributed by atoms with Gasteiger partial charge in [0.2, 0.25) is 0 Å². The highest BCUT2D eigenvalue weighted by atomic mass is 32.1. The molecule has 3 N–H and O–H groups in total. The van der Waals surface area contributed by atoms with E-state index in [2.05, 4.69) is 29.4 Å². The third kappa shape index (κ3) is 2.60. The first kappa shape index (κ1) is 12.4. The molecule has 0 saturated heterocycles. The molecular weight excluding hydrogens is 244 g/mol. The SMILES string of the molecule is CCC(Nc1ncc(N)cc1C#N)c1cccs1. The zero-order valence-electron chi connectivity index (χ0n) is 10.1. The monoisotopic (exact) mass is 258 g/mol. The van der Waals surface area contributed by atoms with E-state index in [1.54, 1.807) is 23.6 Å². The minimum Gasteiger partial charge on any atom is -0.397 e. The van der Waals surface area contributed by atoms with E-state index in [1.807, 2.05) is 11.4 Å². The number of anilines is 2. The quantitative estimate of drug-likeness (QED) is 0.883. The lowest BCUT2D eigenvalue weighted by molar-refractivity contribution is 0.758. The number of rotatable bonds is 4. The molecule has 0 aromatic carbocycles. The lowest BCUT2D eigenvalue weighted by Gasteiger charge is -2.17. The van der Waals surface area contributed by atoms with Gasteiger partial charge in [-0.1, -0.05) is 13.0 Å². The number of nitrogens with one attached hydrogen (secondary N) is 1. The molecule has 18 heavy (non-hydrogen) atoms. The van der Waals surface area contributed by atoms with Crippen molar-refractivity contribution in [2.24, 2.45) is 0 Å². The van der Waals surface area contributed by atoms with Gasteiger partial charge in [0.25, 0.3) is 0 Å². The average molecular weight is 258 g/mol. The Hall–Kier alpha value is -2.06. The number of nitriles is 1. The van der Waals surface area contributed by atoms with E-state index in [0.717, 1.165) is 6.42 Å². The maximum absolute atomic E-state index is 9.08. The van der Waals surface area contributed by atoms with Gasteiger partial charge in [0.15, 0.2) is 0 Å². The maximum Gasteiger partial charge on any atom is 0.144 e. The van der Waals surface area contributed by atoms with Crippen molar-refractivity contribution < 1.29 is 0 Å². The van der Waals surface area contributed by atoms with Crippen LogP contribution in [0.3, 0.4) is 0 Å². The van der Waals surface area contributed by atoms with Crippen LogP contribution in [-0.4, -0.2) is 4.98 Å². The number of thiophene rings is 1. The first-order valence-corrected chi connectivity index (χ1v) is 6.58. The lowest BCUT2D eigenvalue weighted by atomic mass is 10.1. The van der Waals surface area contributed by atoms with Crippen LogP contribution in [-0.2, 0) is 0 Å². The van der Waals surface area contributed by atoms with Gasteiger partial charge in [-0.2, -0.15) is 5.26 Å². The Bertz CT molecular complexity index is 557. The minimum atomic E-state index is 0.174. The third-order valence-electron chi connectivity index (χ3n) is 2.64. The second-order valence-corrected chi connectivity index (χ2v) is 4.88. The molecule has 2 aromatic heterocycles. The van der Waals surface area contributed by atoms with E-state index in [-0.39, 0.29) is 6.04 Å². The summed E-state index contributed by atoms with van der Waals surface area (Å²) < 4.78 is 0. The maximum atomic E-state index is 9.08. The van der Waals surface area contributed by atoms with Crippen molar-refractivity contribution in [2.75, 3.05) is 11.1 Å². The Kier molecular flexibility index (Phi) is 3.80. The molecule has 5 heteroatoms. The summed E-state index contributed by atoms with van der Waals surface area (Å²) >= 11 is 1.69. The van der Waals surface area contributed by atoms with Gasteiger partial charge in [0.05, 0.1) is 23.5 Å². The van der Waals surface area contributed by atoms with Crippen LogP contribution < -0.4 is 11.1 Å². The summed E-state index contributed by atoms with van der Waals surface area (Å²) in [5.74, 6) is 0.590. The van der Waals surface area contributed by atoms with Gasteiger partial charge in [-0.25, -0.2) is 4.98 Å². The summed E-state index contributed by atoms with van der Waals surface area (Å²) in [5.41, 5.74) is 6.60. The van der Waals surface area contributed by atoms with Crippen molar-refractivity contribution >= 4 is 22.8 Å². The van der Waals surface area contributed by atoms with E-state index in [9.17, 15) is 0 Å². The van der Waals surface area contributed by atoms with Crippen molar-refractivity contribution in [3.05, 3.63) is 40.2 Å². The molecule has 1 unspecified atom stereocenters. The van der Waals surface area contributed by atoms with Crippen LogP contribution in [0.1, 0.15) is 29.8 Å². The second kappa shape index (κ2) is 5.52. The fourth-order valence-electron chi connectivity index (χ4n) is 1.71. The number of nitrogen functional groups attached to an aromatic ring is 1. The van der Waals surface area contributed by atoms with Crippen LogP contribution in [0.25, 0.3) is 0 Å². The molecule has 0 aliphatic heterocycles. The van der Waals surface area contributed by atoms with Gasteiger partial charge in [0, 0.05) is 4.88 Å². The highest BCUT2D eigenvalue weighted by Gasteiger charge is 2.13. The molecule has 0 saturated carbocycles. The largest absolute Gasteiger partial charge is 0.397 e. The minimum absolute atomic E-state index is 0.174. The number of pyridine rings is 1. The molecule has 0 radical (unpaired) electrons. The predicted octanol–water partition coefficient (Wildman–Crippen LogP) is 3.16. The van der Waals surface area contributed by atoms with Gasteiger partial charge in [-0.15, -0.1) is 11.3 Å². The summed E-state index contributed by atoms with van der Waals surface area (Å²) in [6.45, 7) is 2.10. The van der Waals surface area contributed by atoms with Gasteiger partial charge >= 0.3 is 0 Å². The van der Waals surface area contributed by atoms with Gasteiger partial charge in [-0.05, 0) is 23.9 Å². The fourth-order valence-corrected chi connectivity index (χ4v) is 2.57. The zero-order valence-corrected chi connectivity index (χ0v) is 10.9. The van der Waals surface area contributed by atoms with E-state index in [4.69, 9.17) is 11.0 Å². The number of nitrogens with zero attached hydrogens (tertiary/aromatic N) is 2. The number of hydrogen-bond acceptors (Lipinski definition) is 5. The third-order valence-corrected chi connectivity index (χ3v) is 3.62. The molecule has 2 heterocycles. The van der Waals surface area contributed by atoms with Crippen molar-refractivity contribution in [3.63, 3.8) is 0 Å². The van der Waals surface area contributed by atoms with E-state index < -0.39 is 0 Å². The first-order chi connectivity index (χ1) is 8.74. The molecule has 1 atom stereocenters. The number of aromatic nitrogens is 1. The van der Waals surface area contributed by atoms with Crippen LogP contribution in [0.4, 0.5) is 11.5 Å². The topological polar surface area (TPSA) is 74.7 Å². The van der Waals surface area contributed by atoms with Gasteiger partial charge in [0.1, 0.15) is 11.9 Å². The summed E-state index contributed by atoms with van der Waals surface area (Å²) in [6, 6.07) is 8.02. The lowest BCUT2D eigenvalue weighted by Crippen LogP contribution is -2.11. The van der Waals surface area contributed by atoms with Crippen molar-refractivity contribution in [2.45, 2.75) is 19.4 Å². The van der Waals surface area contributed by atoms with Crippen LogP contribution in [0, 0.1) is 11.3 Å². The Morgan fingerprint density at radius 2 is 2.44 bits per heavy atom. The van der Waals surface area contributed by atoms with Crippen LogP contribution in [0.15, 0.2) is 29.8 Å². The van der Waals surface area contributed by atoms with E-state index in [1.165, 1.54) is 4.88 Å². The molecule has 2 rings (SSSR count). The Morgan fingerprint density at radius 3 is 3.06 bits per heavy atom. The summed E-state index contributed by atoms with van der Waals surface area (Å²) in [5, 5.41) is 14.4. The predicted molar refractivity (Wildman–Crippen MR) is 74.3 cm³/mol. The van der Waals surface area contributed by atoms with Crippen LogP contribution in [0.5, 0.6) is 0 Å². The normalized spacial score (nSPS) is 11.8. The Morgan fingerprint density at radius 1 is 1.61 bits per heavy atom. The summed E-state index contributed by atoms with van der Waals surface area (Å²) in [4.78, 5) is 5.43. The number of nitrogens with two attached hydrogens (primary N) is 1. The molecule has 0 fully saturated rings. The molecule has 2 aromatic rings. The second-order valence-electron chi connectivity index (χ2n) is 3.90. The molecule has 0 spiro atoms. The number of hydrogen-bond donors (Lipinski definition) is 2. The van der Waals surface area contributed by atoms with Crippen molar-refractivity contribution in [1.29, 1.82) is 5.26 Å². The summed E-state index contributed by atoms with van der Waals surface area (Å²) in [7, 11) is 0. The standard InChI is InChI=1S/C13H14N4S/c1-2-11(12-4-3-5-18-12)17-13-9(7-14)6-10(15)8-16-13/h3-6,8,11H,2,15H2,1H3,(H,16,17). The average Bonchev–Trinajstić information content (AvgIpc) is 2.91. The van der Waals surface area contributed by atoms with E-state index in [0.29, 0.717) is 17.1 Å². The van der Waals surface area contributed by atoms with Crippen molar-refractivity contribution in [1.82, 2.24) is 4.98 Å². The molecule has 0 bridgehead atoms. The van der Waals surface area contributed by atoms with Crippen LogP contribution >= 0.6 is 11.3 Å². The van der Waals surface area contributed by atoms with Crippen LogP contribution in [0.2, 0.25) is 0 Å². The molecule has 92 valence electrons. The molecule has 0 aliphatic rings.